The minimum atomic E-state index is 0.465. The molecule has 0 bridgehead atoms. The Kier molecular flexibility index (Phi) is 3.04. The molecule has 0 aliphatic carbocycles. The highest BCUT2D eigenvalue weighted by atomic mass is 16.6. The monoisotopic (exact) mass is 294 g/mol. The molecule has 2 aromatic carbocycles. The number of hydrogen-bond donors (Lipinski definition) is 0. The van der Waals surface area contributed by atoms with Crippen LogP contribution in [-0.2, 0) is 0 Å². The first-order valence-electron chi connectivity index (χ1n) is 7.10. The molecule has 0 amide bonds. The highest BCUT2D eigenvalue weighted by Crippen LogP contribution is 2.34. The molecule has 22 heavy (non-hydrogen) atoms. The van der Waals surface area contributed by atoms with Gasteiger partial charge in [0.25, 0.3) is 5.89 Å². The van der Waals surface area contributed by atoms with Crippen molar-refractivity contribution in [1.82, 2.24) is 10.1 Å². The van der Waals surface area contributed by atoms with Crippen LogP contribution in [-0.4, -0.2) is 23.4 Å². The van der Waals surface area contributed by atoms with Gasteiger partial charge in [-0.3, -0.25) is 0 Å². The lowest BCUT2D eigenvalue weighted by Crippen LogP contribution is -2.15. The van der Waals surface area contributed by atoms with Gasteiger partial charge in [-0.15, -0.1) is 0 Å². The van der Waals surface area contributed by atoms with Crippen LogP contribution < -0.4 is 9.47 Å². The predicted octanol–water partition coefficient (Wildman–Crippen LogP) is 3.48. The van der Waals surface area contributed by atoms with Crippen molar-refractivity contribution in [2.24, 2.45) is 0 Å². The second kappa shape index (κ2) is 5.18. The summed E-state index contributed by atoms with van der Waals surface area (Å²) in [6.07, 6.45) is 0. The van der Waals surface area contributed by atoms with Crippen molar-refractivity contribution in [3.05, 3.63) is 48.0 Å². The van der Waals surface area contributed by atoms with Crippen molar-refractivity contribution < 1.29 is 14.0 Å². The van der Waals surface area contributed by atoms with Crippen LogP contribution in [0.1, 0.15) is 5.56 Å². The van der Waals surface area contributed by atoms with Crippen LogP contribution in [0, 0.1) is 6.92 Å². The summed E-state index contributed by atoms with van der Waals surface area (Å²) in [6.45, 7) is 3.17. The molecule has 110 valence electrons. The van der Waals surface area contributed by atoms with Crippen LogP contribution >= 0.6 is 0 Å². The molecule has 0 fully saturated rings. The topological polar surface area (TPSA) is 57.4 Å². The lowest BCUT2D eigenvalue weighted by Gasteiger charge is -2.18. The molecular weight excluding hydrogens is 280 g/mol. The van der Waals surface area contributed by atoms with Gasteiger partial charge in [-0.2, -0.15) is 4.98 Å². The van der Waals surface area contributed by atoms with Crippen molar-refractivity contribution in [2.45, 2.75) is 6.92 Å². The Bertz CT molecular complexity index is 809. The molecule has 1 aliphatic heterocycles. The third-order valence-corrected chi connectivity index (χ3v) is 3.52. The molecule has 0 unspecified atom stereocenters. The van der Waals surface area contributed by atoms with Crippen LogP contribution in [0.5, 0.6) is 11.5 Å². The Hall–Kier alpha value is -2.82. The van der Waals surface area contributed by atoms with Gasteiger partial charge in [-0.1, -0.05) is 35.0 Å². The maximum absolute atomic E-state index is 5.58. The highest BCUT2D eigenvalue weighted by molar-refractivity contribution is 5.63. The number of ether oxygens (including phenoxy) is 2. The predicted molar refractivity (Wildman–Crippen MR) is 80.9 cm³/mol. The summed E-state index contributed by atoms with van der Waals surface area (Å²) in [4.78, 5) is 4.46. The Labute approximate surface area is 127 Å². The first-order chi connectivity index (χ1) is 10.8. The fourth-order valence-electron chi connectivity index (χ4n) is 2.34. The zero-order valence-electron chi connectivity index (χ0n) is 12.1. The number of hydrogen-bond acceptors (Lipinski definition) is 5. The maximum atomic E-state index is 5.58. The summed E-state index contributed by atoms with van der Waals surface area (Å²) in [6, 6.07) is 13.6. The van der Waals surface area contributed by atoms with E-state index in [0.29, 0.717) is 30.7 Å². The summed E-state index contributed by atoms with van der Waals surface area (Å²) < 4.78 is 16.5. The molecule has 5 nitrogen and oxygen atoms in total. The van der Waals surface area contributed by atoms with Crippen LogP contribution in [0.3, 0.4) is 0 Å². The molecule has 1 aromatic heterocycles. The van der Waals surface area contributed by atoms with Gasteiger partial charge in [0.05, 0.1) is 0 Å². The van der Waals surface area contributed by atoms with Gasteiger partial charge >= 0.3 is 0 Å². The summed E-state index contributed by atoms with van der Waals surface area (Å²) in [5, 5.41) is 4.05. The normalized spacial score (nSPS) is 13.1. The molecule has 0 saturated carbocycles. The van der Waals surface area contributed by atoms with Crippen LogP contribution in [0.15, 0.2) is 47.0 Å². The lowest BCUT2D eigenvalue weighted by molar-refractivity contribution is 0.171. The van der Waals surface area contributed by atoms with Crippen molar-refractivity contribution in [1.29, 1.82) is 0 Å². The second-order valence-electron chi connectivity index (χ2n) is 5.15. The number of rotatable bonds is 2. The lowest BCUT2D eigenvalue weighted by atomic mass is 10.1. The largest absolute Gasteiger partial charge is 0.486 e. The molecule has 5 heteroatoms. The van der Waals surface area contributed by atoms with E-state index < -0.39 is 0 Å². The first kappa shape index (κ1) is 12.9. The minimum Gasteiger partial charge on any atom is -0.486 e. The van der Waals surface area contributed by atoms with E-state index in [-0.39, 0.29) is 0 Å². The minimum absolute atomic E-state index is 0.465. The molecule has 1 aliphatic rings. The van der Waals surface area contributed by atoms with E-state index in [2.05, 4.69) is 10.1 Å². The molecular formula is C17H14N2O3. The van der Waals surface area contributed by atoms with Crippen LogP contribution in [0.25, 0.3) is 22.8 Å². The average molecular weight is 294 g/mol. The molecule has 0 spiro atoms. The van der Waals surface area contributed by atoms with E-state index >= 15 is 0 Å². The van der Waals surface area contributed by atoms with Crippen molar-refractivity contribution in [3.63, 3.8) is 0 Å². The van der Waals surface area contributed by atoms with E-state index in [9.17, 15) is 0 Å². The van der Waals surface area contributed by atoms with E-state index in [1.54, 1.807) is 0 Å². The number of aromatic nitrogens is 2. The van der Waals surface area contributed by atoms with Gasteiger partial charge < -0.3 is 14.0 Å². The van der Waals surface area contributed by atoms with Gasteiger partial charge in [-0.25, -0.2) is 0 Å². The third-order valence-electron chi connectivity index (χ3n) is 3.52. The van der Waals surface area contributed by atoms with Gasteiger partial charge in [0.15, 0.2) is 11.5 Å². The molecule has 3 aromatic rings. The second-order valence-corrected chi connectivity index (χ2v) is 5.15. The van der Waals surface area contributed by atoms with Gasteiger partial charge in [0.2, 0.25) is 5.82 Å². The SMILES string of the molecule is Cc1ccc(-c2noc(-c3ccc4c(c3)OCCO4)n2)cc1. The van der Waals surface area contributed by atoms with Crippen molar-refractivity contribution in [2.75, 3.05) is 13.2 Å². The zero-order valence-corrected chi connectivity index (χ0v) is 12.1. The Morgan fingerprint density at radius 1 is 0.864 bits per heavy atom. The van der Waals surface area contributed by atoms with Crippen molar-refractivity contribution in [3.8, 4) is 34.3 Å². The number of nitrogens with zero attached hydrogens (tertiary/aromatic N) is 2. The van der Waals surface area contributed by atoms with E-state index in [1.807, 2.05) is 49.4 Å². The summed E-state index contributed by atoms with van der Waals surface area (Å²) in [7, 11) is 0. The van der Waals surface area contributed by atoms with Crippen LogP contribution in [0.4, 0.5) is 0 Å². The Morgan fingerprint density at radius 3 is 2.41 bits per heavy atom. The quantitative estimate of drug-likeness (QED) is 0.724. The highest BCUT2D eigenvalue weighted by Gasteiger charge is 2.16. The fraction of sp³-hybridized carbons (Fsp3) is 0.176. The number of fused-ring (bicyclic) bond motifs is 1. The van der Waals surface area contributed by atoms with E-state index in [4.69, 9.17) is 14.0 Å². The molecule has 0 atom stereocenters. The number of benzene rings is 2. The molecule has 2 heterocycles. The van der Waals surface area contributed by atoms with Gasteiger partial charge in [0, 0.05) is 11.1 Å². The molecule has 4 rings (SSSR count). The first-order valence-corrected chi connectivity index (χ1v) is 7.10. The van der Waals surface area contributed by atoms with E-state index in [0.717, 1.165) is 16.9 Å². The van der Waals surface area contributed by atoms with Gasteiger partial charge in [-0.05, 0) is 25.1 Å². The summed E-state index contributed by atoms with van der Waals surface area (Å²) in [5.74, 6) is 2.49. The van der Waals surface area contributed by atoms with Crippen LogP contribution in [0.2, 0.25) is 0 Å². The summed E-state index contributed by atoms with van der Waals surface area (Å²) >= 11 is 0. The molecule has 0 saturated heterocycles. The zero-order chi connectivity index (χ0) is 14.9. The molecule has 0 N–H and O–H groups in total. The van der Waals surface area contributed by atoms with Gasteiger partial charge in [0.1, 0.15) is 13.2 Å². The fourth-order valence-corrected chi connectivity index (χ4v) is 2.34. The maximum Gasteiger partial charge on any atom is 0.258 e. The average Bonchev–Trinajstić information content (AvgIpc) is 3.05. The third kappa shape index (κ3) is 2.30. The standard InChI is InChI=1S/C17H14N2O3/c1-11-2-4-12(5-3-11)16-18-17(22-19-16)13-6-7-14-15(10-13)21-9-8-20-14/h2-7,10H,8-9H2,1H3. The van der Waals surface area contributed by atoms with E-state index in [1.165, 1.54) is 5.56 Å². The smallest absolute Gasteiger partial charge is 0.258 e. The molecule has 0 radical (unpaired) electrons. The number of aryl methyl sites for hydroxylation is 1. The Morgan fingerprint density at radius 2 is 1.59 bits per heavy atom. The Balaban J connectivity index is 1.68. The summed E-state index contributed by atoms with van der Waals surface area (Å²) in [5.41, 5.74) is 2.94. The van der Waals surface area contributed by atoms with Crippen molar-refractivity contribution >= 4 is 0 Å².